The monoisotopic (exact) mass is 146 g/mol. The van der Waals surface area contributed by atoms with E-state index in [1.807, 2.05) is 0 Å². The molecule has 54 valence electrons. The van der Waals surface area contributed by atoms with Crippen molar-refractivity contribution in [3.05, 3.63) is 24.2 Å². The third-order valence-corrected chi connectivity index (χ3v) is 0.774. The molecule has 2 nitrogen and oxygen atoms in total. The number of nitrogens with two attached hydrogens (primary N) is 1. The summed E-state index contributed by atoms with van der Waals surface area (Å²) in [4.78, 5) is 0. The van der Waals surface area contributed by atoms with E-state index in [1.54, 1.807) is 0 Å². The molecule has 0 spiro atoms. The molecule has 0 aliphatic heterocycles. The highest BCUT2D eigenvalue weighted by molar-refractivity contribution is 5.41. The van der Waals surface area contributed by atoms with Gasteiger partial charge >= 0.3 is 0 Å². The van der Waals surface area contributed by atoms with Crippen LogP contribution < -0.4 is 10.5 Å². The van der Waals surface area contributed by atoms with Crippen molar-refractivity contribution in [2.75, 3.05) is 12.3 Å². The standard InChI is InChI=1S/C8H11NO/c1-2-10-8-5-3-7(9)4-6-8/h3-6H,2,9H2,1H3/i1D3,2D2,3D,4D,5D,6D. The van der Waals surface area contributed by atoms with Crippen LogP contribution in [0.1, 0.15) is 19.2 Å². The molecule has 0 saturated carbocycles. The molecular weight excluding hydrogens is 126 g/mol. The molecule has 2 N–H and O–H groups in total. The van der Waals surface area contributed by atoms with Gasteiger partial charge in [0.1, 0.15) is 5.75 Å². The number of benzene rings is 1. The molecule has 0 heterocycles. The first-order valence-electron chi connectivity index (χ1n) is 6.95. The number of hydrogen-bond donors (Lipinski definition) is 1. The molecule has 0 unspecified atom stereocenters. The molecule has 0 radical (unpaired) electrons. The van der Waals surface area contributed by atoms with E-state index in [1.165, 1.54) is 0 Å². The zero-order valence-corrected chi connectivity index (χ0v) is 4.99. The van der Waals surface area contributed by atoms with Crippen LogP contribution >= 0.6 is 0 Å². The minimum Gasteiger partial charge on any atom is -0.494 e. The highest BCUT2D eigenvalue weighted by Gasteiger charge is 1.88. The van der Waals surface area contributed by atoms with Crippen LogP contribution in [0.4, 0.5) is 5.69 Å². The first kappa shape index (κ1) is 1.70. The molecule has 0 aromatic heterocycles. The summed E-state index contributed by atoms with van der Waals surface area (Å²) in [7, 11) is 0. The van der Waals surface area contributed by atoms with Gasteiger partial charge in [-0.25, -0.2) is 0 Å². The maximum Gasteiger partial charge on any atom is 0.119 e. The zero-order chi connectivity index (χ0) is 15.2. The summed E-state index contributed by atoms with van der Waals surface area (Å²) in [6.07, 6.45) is 0. The van der Waals surface area contributed by atoms with Gasteiger partial charge in [0.2, 0.25) is 0 Å². The molecule has 1 rings (SSSR count). The lowest BCUT2D eigenvalue weighted by molar-refractivity contribution is 0.340. The molecule has 0 aliphatic rings. The molecule has 1 aromatic rings. The molecule has 0 saturated heterocycles. The number of hydrogen-bond acceptors (Lipinski definition) is 2. The maximum atomic E-state index is 7.51. The Morgan fingerprint density at radius 2 is 2.40 bits per heavy atom. The van der Waals surface area contributed by atoms with Gasteiger partial charge in [-0.05, 0) is 31.0 Å². The highest BCUT2D eigenvalue weighted by atomic mass is 16.5. The van der Waals surface area contributed by atoms with Crippen molar-refractivity contribution in [3.63, 3.8) is 0 Å². The number of nitrogen functional groups attached to an aromatic ring is 1. The molecule has 2 heteroatoms. The van der Waals surface area contributed by atoms with E-state index in [4.69, 9.17) is 18.1 Å². The Kier molecular flexibility index (Phi) is 0.528. The lowest BCUT2D eigenvalue weighted by atomic mass is 10.3. The van der Waals surface area contributed by atoms with Crippen molar-refractivity contribution < 1.29 is 17.1 Å². The largest absolute Gasteiger partial charge is 0.494 e. The minimum absolute atomic E-state index is 0.420. The van der Waals surface area contributed by atoms with E-state index in [-0.39, 0.29) is 0 Å². The quantitative estimate of drug-likeness (QED) is 0.644. The molecule has 10 heavy (non-hydrogen) atoms. The molecule has 0 fully saturated rings. The molecule has 1 aromatic carbocycles. The molecule has 0 bridgehead atoms. The third-order valence-electron chi connectivity index (χ3n) is 0.774. The van der Waals surface area contributed by atoms with Crippen LogP contribution in [0.25, 0.3) is 0 Å². The van der Waals surface area contributed by atoms with Crippen LogP contribution in [-0.2, 0) is 0 Å². The van der Waals surface area contributed by atoms with Crippen LogP contribution in [0.2, 0.25) is 0 Å². The van der Waals surface area contributed by atoms with E-state index in [0.29, 0.717) is 0 Å². The van der Waals surface area contributed by atoms with Gasteiger partial charge in [0.15, 0.2) is 0 Å². The molecular formula is C8H11NO. The fourth-order valence-corrected chi connectivity index (χ4v) is 0.413. The van der Waals surface area contributed by atoms with Crippen molar-refractivity contribution in [1.29, 1.82) is 0 Å². The van der Waals surface area contributed by atoms with Crippen molar-refractivity contribution in [3.8, 4) is 5.75 Å². The van der Waals surface area contributed by atoms with E-state index in [2.05, 4.69) is 4.74 Å². The summed E-state index contributed by atoms with van der Waals surface area (Å²) in [6.45, 7) is -6.29. The summed E-state index contributed by atoms with van der Waals surface area (Å²) >= 11 is 0. The Morgan fingerprint density at radius 1 is 1.70 bits per heavy atom. The van der Waals surface area contributed by atoms with Gasteiger partial charge in [0, 0.05) is 9.80 Å². The fourth-order valence-electron chi connectivity index (χ4n) is 0.413. The van der Waals surface area contributed by atoms with Crippen molar-refractivity contribution in [1.82, 2.24) is 0 Å². The normalized spacial score (nSPS) is 25.0. The Bertz CT molecular complexity index is 481. The molecule has 0 aliphatic carbocycles. The topological polar surface area (TPSA) is 35.2 Å². The first-order chi connectivity index (χ1) is 8.40. The average Bonchev–Trinajstić information content (AvgIpc) is 2.28. The zero-order valence-electron chi connectivity index (χ0n) is 14.0. The van der Waals surface area contributed by atoms with Crippen molar-refractivity contribution >= 4 is 5.69 Å². The smallest absolute Gasteiger partial charge is 0.119 e. The predicted molar refractivity (Wildman–Crippen MR) is 42.0 cm³/mol. The molecule has 0 amide bonds. The first-order valence-corrected chi connectivity index (χ1v) is 2.45. The van der Waals surface area contributed by atoms with Crippen LogP contribution in [0.3, 0.4) is 0 Å². The maximum absolute atomic E-state index is 7.51. The van der Waals surface area contributed by atoms with Crippen LogP contribution in [0.5, 0.6) is 5.75 Å². The van der Waals surface area contributed by atoms with Gasteiger partial charge in [-0.2, -0.15) is 0 Å². The average molecular weight is 146 g/mol. The summed E-state index contributed by atoms with van der Waals surface area (Å²) in [5.74, 6) is -0.787. The van der Waals surface area contributed by atoms with E-state index in [0.717, 1.165) is 0 Å². The third kappa shape index (κ3) is 1.65. The molecule has 0 atom stereocenters. The lowest BCUT2D eigenvalue weighted by Gasteiger charge is -2.01. The highest BCUT2D eigenvalue weighted by Crippen LogP contribution is 2.12. The second-order valence-electron chi connectivity index (χ2n) is 1.45. The van der Waals surface area contributed by atoms with Gasteiger partial charge in [-0.15, -0.1) is 0 Å². The summed E-state index contributed by atoms with van der Waals surface area (Å²) in [6, 6.07) is -2.69. The van der Waals surface area contributed by atoms with Gasteiger partial charge in [0.05, 0.1) is 14.8 Å². The Labute approximate surface area is 73.3 Å². The van der Waals surface area contributed by atoms with Crippen molar-refractivity contribution in [2.45, 2.75) is 6.85 Å². The summed E-state index contributed by atoms with van der Waals surface area (Å²) in [5, 5.41) is 0. The van der Waals surface area contributed by atoms with Gasteiger partial charge in [-0.3, -0.25) is 0 Å². The number of ether oxygens (including phenoxy) is 1. The predicted octanol–water partition coefficient (Wildman–Crippen LogP) is 1.67. The van der Waals surface area contributed by atoms with Gasteiger partial charge < -0.3 is 10.5 Å². The van der Waals surface area contributed by atoms with Crippen LogP contribution in [0.15, 0.2) is 24.2 Å². The number of rotatable bonds is 2. The van der Waals surface area contributed by atoms with Crippen molar-refractivity contribution in [2.24, 2.45) is 0 Å². The van der Waals surface area contributed by atoms with E-state index in [9.17, 15) is 0 Å². The van der Waals surface area contributed by atoms with E-state index < -0.39 is 49.0 Å². The lowest BCUT2D eigenvalue weighted by Crippen LogP contribution is -1.91. The Morgan fingerprint density at radius 3 is 3.00 bits per heavy atom. The van der Waals surface area contributed by atoms with Gasteiger partial charge in [0.25, 0.3) is 0 Å². The Balaban J connectivity index is 3.39. The van der Waals surface area contributed by atoms with Gasteiger partial charge in [-0.1, -0.05) is 0 Å². The fraction of sp³-hybridized carbons (Fsp3) is 0.250. The SMILES string of the molecule is [2H]c1c([2H])c(OC([2H])([2H])C([2H])([2H])[2H])c([2H])c([2H])c1N. The van der Waals surface area contributed by atoms with E-state index >= 15 is 0 Å². The number of anilines is 1. The van der Waals surface area contributed by atoms with Crippen LogP contribution in [-0.4, -0.2) is 6.56 Å². The summed E-state index contributed by atoms with van der Waals surface area (Å²) < 4.78 is 69.9. The second-order valence-corrected chi connectivity index (χ2v) is 1.45. The minimum atomic E-state index is -3.15. The Hall–Kier alpha value is -1.18. The second kappa shape index (κ2) is 3.11. The van der Waals surface area contributed by atoms with Crippen LogP contribution in [0, 0.1) is 0 Å². The summed E-state index contributed by atoms with van der Waals surface area (Å²) in [5.41, 5.74) is 4.91.